The predicted octanol–water partition coefficient (Wildman–Crippen LogP) is 5.48. The van der Waals surface area contributed by atoms with E-state index in [-0.39, 0.29) is 17.2 Å². The van der Waals surface area contributed by atoms with E-state index in [1.54, 1.807) is 36.4 Å². The van der Waals surface area contributed by atoms with E-state index in [1.807, 2.05) is 0 Å². The molecular weight excluding hydrogens is 452 g/mol. The van der Waals surface area contributed by atoms with Crippen molar-refractivity contribution in [3.8, 4) is 5.75 Å². The van der Waals surface area contributed by atoms with Crippen LogP contribution >= 0.6 is 11.8 Å². The number of hydrazone groups is 1. The summed E-state index contributed by atoms with van der Waals surface area (Å²) in [6.07, 6.45) is 11.5. The van der Waals surface area contributed by atoms with Crippen molar-refractivity contribution < 1.29 is 18.7 Å². The van der Waals surface area contributed by atoms with Crippen LogP contribution in [0.2, 0.25) is 0 Å². The van der Waals surface area contributed by atoms with E-state index >= 15 is 0 Å². The van der Waals surface area contributed by atoms with E-state index in [4.69, 9.17) is 14.6 Å². The number of amidine groups is 2. The quantitative estimate of drug-likeness (QED) is 0.336. The van der Waals surface area contributed by atoms with Gasteiger partial charge in [-0.2, -0.15) is 15.1 Å². The Hall–Kier alpha value is -3.46. The third kappa shape index (κ3) is 4.89. The molecular formula is C25H24N4O4S. The number of nitrogens with zero attached hydrogens (tertiary/aromatic N) is 3. The summed E-state index contributed by atoms with van der Waals surface area (Å²) in [4.78, 5) is 28.8. The second-order valence-electron chi connectivity index (χ2n) is 8.49. The maximum Gasteiger partial charge on any atom is 0.379 e. The van der Waals surface area contributed by atoms with E-state index in [2.05, 4.69) is 10.1 Å². The van der Waals surface area contributed by atoms with Gasteiger partial charge in [-0.05, 0) is 66.4 Å². The molecule has 3 heterocycles. The van der Waals surface area contributed by atoms with Crippen molar-refractivity contribution in [3.63, 3.8) is 0 Å². The smallest absolute Gasteiger partial charge is 0.379 e. The number of benzene rings is 1. The number of esters is 1. The molecule has 1 amide bonds. The number of thioether (sulfide) groups is 1. The van der Waals surface area contributed by atoms with Crippen LogP contribution in [0.1, 0.15) is 61.1 Å². The number of rotatable bonds is 6. The molecule has 0 radical (unpaired) electrons. The van der Waals surface area contributed by atoms with Crippen molar-refractivity contribution in [1.82, 2.24) is 5.01 Å². The second-order valence-corrected chi connectivity index (χ2v) is 9.53. The van der Waals surface area contributed by atoms with Gasteiger partial charge in [-0.25, -0.2) is 4.79 Å². The van der Waals surface area contributed by atoms with Gasteiger partial charge in [0.1, 0.15) is 10.8 Å². The first-order valence-electron chi connectivity index (χ1n) is 11.4. The number of carbonyl (C=O) groups excluding carboxylic acids is 2. The zero-order chi connectivity index (χ0) is 23.5. The van der Waals surface area contributed by atoms with Gasteiger partial charge in [0.25, 0.3) is 5.91 Å². The van der Waals surface area contributed by atoms with Gasteiger partial charge in [0.15, 0.2) is 5.84 Å². The molecule has 1 aromatic carbocycles. The van der Waals surface area contributed by atoms with Crippen molar-refractivity contribution in [2.75, 3.05) is 0 Å². The average Bonchev–Trinajstić information content (AvgIpc) is 3.53. The highest BCUT2D eigenvalue weighted by atomic mass is 32.2. The third-order valence-corrected chi connectivity index (χ3v) is 7.08. The molecule has 9 heteroatoms. The van der Waals surface area contributed by atoms with Crippen molar-refractivity contribution >= 4 is 45.8 Å². The summed E-state index contributed by atoms with van der Waals surface area (Å²) < 4.78 is 10.3. The molecule has 0 saturated heterocycles. The first-order chi connectivity index (χ1) is 16.6. The molecule has 1 saturated carbocycles. The van der Waals surface area contributed by atoms with Crippen molar-refractivity contribution in [2.45, 2.75) is 44.9 Å². The first kappa shape index (κ1) is 22.3. The zero-order valence-electron chi connectivity index (χ0n) is 18.5. The number of hydrogen-bond donors (Lipinski definition) is 1. The summed E-state index contributed by atoms with van der Waals surface area (Å²) in [6.45, 7) is 0. The Morgan fingerprint density at radius 1 is 1.21 bits per heavy atom. The fraction of sp³-hybridized carbons (Fsp3) is 0.320. The van der Waals surface area contributed by atoms with Gasteiger partial charge in [0, 0.05) is 0 Å². The Kier molecular flexibility index (Phi) is 6.44. The fourth-order valence-electron chi connectivity index (χ4n) is 4.29. The number of aliphatic imine (C=N–C) groups is 1. The van der Waals surface area contributed by atoms with Crippen LogP contribution in [0.5, 0.6) is 5.75 Å². The SMILES string of the molecule is N=C1C(=Cc2ccc(OC(=O)c3ccco3)cc2)C(=O)N=C2SC(CCC3CCCCC3)=NN12. The van der Waals surface area contributed by atoms with E-state index in [0.717, 1.165) is 23.8 Å². The number of amides is 1. The van der Waals surface area contributed by atoms with E-state index in [0.29, 0.717) is 16.5 Å². The maximum absolute atomic E-state index is 12.6. The molecule has 3 aliphatic rings. The first-order valence-corrected chi connectivity index (χ1v) is 12.2. The minimum atomic E-state index is -0.592. The molecule has 8 nitrogen and oxygen atoms in total. The molecule has 1 aromatic heterocycles. The molecule has 2 aliphatic heterocycles. The topological polar surface area (TPSA) is 108 Å². The summed E-state index contributed by atoms with van der Waals surface area (Å²) in [5.41, 5.74) is 0.847. The Bertz CT molecular complexity index is 1190. The summed E-state index contributed by atoms with van der Waals surface area (Å²) >= 11 is 1.39. The lowest BCUT2D eigenvalue weighted by Crippen LogP contribution is -2.35. The van der Waals surface area contributed by atoms with E-state index in [1.165, 1.54) is 61.2 Å². The number of hydrogen-bond acceptors (Lipinski definition) is 7. The van der Waals surface area contributed by atoms with Crippen LogP contribution in [-0.4, -0.2) is 32.9 Å². The Morgan fingerprint density at radius 2 is 2.00 bits per heavy atom. The van der Waals surface area contributed by atoms with Crippen molar-refractivity contribution in [1.29, 1.82) is 5.41 Å². The molecule has 1 aliphatic carbocycles. The lowest BCUT2D eigenvalue weighted by atomic mass is 9.86. The highest BCUT2D eigenvalue weighted by Crippen LogP contribution is 2.33. The molecule has 34 heavy (non-hydrogen) atoms. The number of ether oxygens (including phenoxy) is 1. The summed E-state index contributed by atoms with van der Waals surface area (Å²) in [5, 5.41) is 15.9. The molecule has 0 atom stereocenters. The van der Waals surface area contributed by atoms with Crippen LogP contribution in [0, 0.1) is 11.3 Å². The normalized spacial score (nSPS) is 19.8. The van der Waals surface area contributed by atoms with Gasteiger partial charge in [-0.1, -0.05) is 44.2 Å². The predicted molar refractivity (Wildman–Crippen MR) is 131 cm³/mol. The van der Waals surface area contributed by atoms with Gasteiger partial charge in [-0.15, -0.1) is 0 Å². The minimum Gasteiger partial charge on any atom is -0.457 e. The molecule has 0 bridgehead atoms. The van der Waals surface area contributed by atoms with Crippen LogP contribution < -0.4 is 4.74 Å². The van der Waals surface area contributed by atoms with Gasteiger partial charge in [0.05, 0.1) is 11.8 Å². The van der Waals surface area contributed by atoms with Crippen molar-refractivity contribution in [2.24, 2.45) is 16.0 Å². The summed E-state index contributed by atoms with van der Waals surface area (Å²) in [7, 11) is 0. The van der Waals surface area contributed by atoms with E-state index in [9.17, 15) is 9.59 Å². The standard InChI is InChI=1S/C25H24N4O4S/c26-22-19(15-17-8-11-18(12-9-17)33-24(31)20-7-4-14-32-20)23(30)27-25-29(22)28-21(34-25)13-10-16-5-2-1-3-6-16/h4,7-9,11-12,14-16,26H,1-3,5-6,10,13H2. The molecule has 174 valence electrons. The molecule has 1 fully saturated rings. The summed E-state index contributed by atoms with van der Waals surface area (Å²) in [5.74, 6) is 0.171. The second kappa shape index (κ2) is 9.80. The highest BCUT2D eigenvalue weighted by molar-refractivity contribution is 8.26. The van der Waals surface area contributed by atoms with E-state index < -0.39 is 11.9 Å². The molecule has 2 aromatic rings. The average molecular weight is 477 g/mol. The Balaban J connectivity index is 1.25. The van der Waals surface area contributed by atoms with Crippen LogP contribution in [-0.2, 0) is 4.79 Å². The van der Waals surface area contributed by atoms with Crippen LogP contribution in [0.3, 0.4) is 0 Å². The Morgan fingerprint density at radius 3 is 2.74 bits per heavy atom. The third-order valence-electron chi connectivity index (χ3n) is 6.11. The number of nitrogens with one attached hydrogen (secondary N) is 1. The number of furan rings is 1. The van der Waals surface area contributed by atoms with Gasteiger partial charge >= 0.3 is 5.97 Å². The zero-order valence-corrected chi connectivity index (χ0v) is 19.3. The van der Waals surface area contributed by atoms with Crippen LogP contribution in [0.25, 0.3) is 6.08 Å². The fourth-order valence-corrected chi connectivity index (χ4v) is 5.19. The monoisotopic (exact) mass is 476 g/mol. The van der Waals surface area contributed by atoms with Crippen LogP contribution in [0.15, 0.2) is 62.7 Å². The summed E-state index contributed by atoms with van der Waals surface area (Å²) in [6, 6.07) is 9.78. The lowest BCUT2D eigenvalue weighted by Gasteiger charge is -2.20. The maximum atomic E-state index is 12.6. The lowest BCUT2D eigenvalue weighted by molar-refractivity contribution is -0.114. The number of fused-ring (bicyclic) bond motifs is 1. The van der Waals surface area contributed by atoms with Crippen LogP contribution in [0.4, 0.5) is 0 Å². The highest BCUT2D eigenvalue weighted by Gasteiger charge is 2.35. The van der Waals surface area contributed by atoms with Gasteiger partial charge < -0.3 is 9.15 Å². The number of carbonyl (C=O) groups is 2. The largest absolute Gasteiger partial charge is 0.457 e. The molecule has 0 spiro atoms. The molecule has 1 N–H and O–H groups in total. The molecule has 0 unspecified atom stereocenters. The Labute approximate surface area is 201 Å². The van der Waals surface area contributed by atoms with Crippen molar-refractivity contribution in [3.05, 3.63) is 59.6 Å². The minimum absolute atomic E-state index is 0.0171. The van der Waals surface area contributed by atoms with Gasteiger partial charge in [0.2, 0.25) is 10.9 Å². The molecule has 5 rings (SSSR count). The van der Waals surface area contributed by atoms with Gasteiger partial charge in [-0.3, -0.25) is 10.2 Å².